The van der Waals surface area contributed by atoms with Crippen molar-refractivity contribution in [1.29, 1.82) is 0 Å². The molecule has 0 saturated heterocycles. The molecule has 0 radical (unpaired) electrons. The van der Waals surface area contributed by atoms with Gasteiger partial charge in [-0.05, 0) is 44.0 Å². The van der Waals surface area contributed by atoms with Crippen LogP contribution in [0.4, 0.5) is 0 Å². The second kappa shape index (κ2) is 8.29. The average molecular weight is 393 g/mol. The van der Waals surface area contributed by atoms with Gasteiger partial charge in [0.05, 0.1) is 6.10 Å². The van der Waals surface area contributed by atoms with Crippen LogP contribution in [-0.4, -0.2) is 46.1 Å². The van der Waals surface area contributed by atoms with Gasteiger partial charge in [0, 0.05) is 23.5 Å². The van der Waals surface area contributed by atoms with Crippen molar-refractivity contribution in [3.05, 3.63) is 30.5 Å². The maximum absolute atomic E-state index is 6.33. The Kier molecular flexibility index (Phi) is 6.77. The van der Waals surface area contributed by atoms with Crippen LogP contribution in [0.5, 0.6) is 5.75 Å². The molecular weight excluding hydrogens is 356 g/mol. The molecule has 1 unspecified atom stereocenters. The number of fused-ring (bicyclic) bond motifs is 1. The first kappa shape index (κ1) is 21.2. The van der Waals surface area contributed by atoms with E-state index < -0.39 is 16.6 Å². The number of ether oxygens (including phenoxy) is 1. The second-order valence-electron chi connectivity index (χ2n) is 9.27. The van der Waals surface area contributed by atoms with Crippen molar-refractivity contribution in [2.24, 2.45) is 0 Å². The zero-order valence-corrected chi connectivity index (χ0v) is 19.7. The minimum Gasteiger partial charge on any atom is -0.490 e. The van der Waals surface area contributed by atoms with E-state index in [1.165, 1.54) is 10.9 Å². The summed E-state index contributed by atoms with van der Waals surface area (Å²) in [6.07, 6.45) is 2.28. The molecule has 0 spiro atoms. The molecule has 0 bridgehead atoms. The van der Waals surface area contributed by atoms with Crippen LogP contribution >= 0.6 is 0 Å². The molecule has 146 valence electrons. The molecule has 0 saturated carbocycles. The first-order valence-corrected chi connectivity index (χ1v) is 16.5. The van der Waals surface area contributed by atoms with Gasteiger partial charge >= 0.3 is 0 Å². The van der Waals surface area contributed by atoms with Crippen LogP contribution < -0.4 is 10.1 Å². The van der Waals surface area contributed by atoms with Crippen molar-refractivity contribution >= 4 is 27.5 Å². The predicted octanol–water partition coefficient (Wildman–Crippen LogP) is 4.92. The molecule has 1 aromatic heterocycles. The quantitative estimate of drug-likeness (QED) is 0.615. The summed E-state index contributed by atoms with van der Waals surface area (Å²) in [5.74, 6) is 0.952. The first-order chi connectivity index (χ1) is 12.0. The molecule has 1 N–H and O–H groups in total. The van der Waals surface area contributed by atoms with Crippen LogP contribution in [0, 0.1) is 0 Å². The van der Waals surface area contributed by atoms with Gasteiger partial charge < -0.3 is 18.7 Å². The fourth-order valence-electron chi connectivity index (χ4n) is 3.03. The lowest BCUT2D eigenvalue weighted by Gasteiger charge is -2.27. The highest BCUT2D eigenvalue weighted by atomic mass is 28.4. The van der Waals surface area contributed by atoms with Gasteiger partial charge in [0.25, 0.3) is 0 Å². The smallest absolute Gasteiger partial charge is 0.184 e. The largest absolute Gasteiger partial charge is 0.490 e. The van der Waals surface area contributed by atoms with Crippen LogP contribution in [0.1, 0.15) is 13.8 Å². The highest BCUT2D eigenvalue weighted by molar-refractivity contribution is 6.75. The summed E-state index contributed by atoms with van der Waals surface area (Å²) in [7, 11) is -3.06. The lowest BCUT2D eigenvalue weighted by atomic mass is 10.2. The van der Waals surface area contributed by atoms with E-state index in [9.17, 15) is 0 Å². The zero-order valence-electron chi connectivity index (χ0n) is 17.7. The Hall–Kier alpha value is -1.09. The Morgan fingerprint density at radius 3 is 2.31 bits per heavy atom. The van der Waals surface area contributed by atoms with Gasteiger partial charge in [-0.25, -0.2) is 0 Å². The van der Waals surface area contributed by atoms with Crippen molar-refractivity contribution in [2.75, 3.05) is 13.2 Å². The van der Waals surface area contributed by atoms with E-state index in [0.29, 0.717) is 12.6 Å². The van der Waals surface area contributed by atoms with E-state index in [1.807, 2.05) is 0 Å². The molecule has 1 heterocycles. The normalized spacial score (nSPS) is 14.2. The van der Waals surface area contributed by atoms with Crippen LogP contribution in [0.2, 0.25) is 39.3 Å². The molecule has 26 heavy (non-hydrogen) atoms. The Morgan fingerprint density at radius 1 is 1.04 bits per heavy atom. The van der Waals surface area contributed by atoms with Gasteiger partial charge in [-0.2, -0.15) is 0 Å². The topological polar surface area (TPSA) is 35.4 Å². The van der Waals surface area contributed by atoms with Gasteiger partial charge in [0.1, 0.15) is 12.4 Å². The van der Waals surface area contributed by atoms with E-state index in [4.69, 9.17) is 9.16 Å². The van der Waals surface area contributed by atoms with Crippen molar-refractivity contribution in [3.8, 4) is 5.75 Å². The Labute approximate surface area is 161 Å². The average Bonchev–Trinajstić information content (AvgIpc) is 2.93. The molecule has 4 nitrogen and oxygen atoms in total. The second-order valence-corrected chi connectivity index (χ2v) is 18.6. The summed E-state index contributed by atoms with van der Waals surface area (Å²) in [6.45, 7) is 19.5. The van der Waals surface area contributed by atoms with Crippen LogP contribution in [0.3, 0.4) is 0 Å². The summed E-state index contributed by atoms with van der Waals surface area (Å²) < 4.78 is 15.0. The molecule has 0 amide bonds. The lowest BCUT2D eigenvalue weighted by molar-refractivity contribution is 0.120. The number of nitrogens with zero attached hydrogens (tertiary/aromatic N) is 1. The third-order valence-corrected chi connectivity index (χ3v) is 6.99. The molecule has 1 atom stereocenters. The fraction of sp³-hybridized carbons (Fsp3) is 0.600. The number of hydrogen-bond donors (Lipinski definition) is 1. The first-order valence-electron chi connectivity index (χ1n) is 9.62. The summed E-state index contributed by atoms with van der Waals surface area (Å²) in [5.41, 5.74) is 1.27. The van der Waals surface area contributed by atoms with Crippen molar-refractivity contribution in [1.82, 2.24) is 9.55 Å². The third kappa shape index (κ3) is 5.97. The number of aromatic nitrogens is 1. The summed E-state index contributed by atoms with van der Waals surface area (Å²) in [4.78, 5) is 0. The van der Waals surface area contributed by atoms with Crippen molar-refractivity contribution in [3.63, 3.8) is 0 Å². The maximum Gasteiger partial charge on any atom is 0.184 e. The van der Waals surface area contributed by atoms with Gasteiger partial charge in [0.15, 0.2) is 16.6 Å². The number of benzene rings is 1. The standard InChI is InChI=1S/C20H36N2O2Si2/c1-16(2)21-14-17(24-26(6,7)8)15-23-20-11-9-10-19-18(20)12-13-22(19)25(3,4)5/h9-13,16-17,21H,14-15H2,1-8H3. The molecule has 1 aromatic carbocycles. The SMILES string of the molecule is CC(C)NCC(COc1cccc2c1ccn2[Si](C)(C)C)O[Si](C)(C)C. The highest BCUT2D eigenvalue weighted by Gasteiger charge is 2.23. The fourth-order valence-corrected chi connectivity index (χ4v) is 5.63. The molecule has 2 aromatic rings. The summed E-state index contributed by atoms with van der Waals surface area (Å²) >= 11 is 0. The van der Waals surface area contributed by atoms with E-state index in [1.54, 1.807) is 0 Å². The molecule has 6 heteroatoms. The Bertz CT molecular complexity index is 715. The monoisotopic (exact) mass is 392 g/mol. The number of nitrogens with one attached hydrogen (secondary N) is 1. The molecule has 0 aliphatic rings. The Balaban J connectivity index is 2.16. The van der Waals surface area contributed by atoms with E-state index in [2.05, 4.69) is 93.1 Å². The minimum atomic E-state index is -1.62. The van der Waals surface area contributed by atoms with Crippen LogP contribution in [0.15, 0.2) is 30.5 Å². The van der Waals surface area contributed by atoms with Gasteiger partial charge in [0.2, 0.25) is 0 Å². The van der Waals surface area contributed by atoms with Crippen LogP contribution in [0.25, 0.3) is 10.9 Å². The molecular formula is C20H36N2O2Si2. The molecule has 0 aliphatic heterocycles. The van der Waals surface area contributed by atoms with E-state index in [-0.39, 0.29) is 6.10 Å². The number of rotatable bonds is 9. The predicted molar refractivity (Wildman–Crippen MR) is 118 cm³/mol. The molecule has 2 rings (SSSR count). The van der Waals surface area contributed by atoms with Crippen molar-refractivity contribution < 1.29 is 9.16 Å². The molecule has 0 fully saturated rings. The number of hydrogen-bond acceptors (Lipinski definition) is 3. The van der Waals surface area contributed by atoms with Crippen molar-refractivity contribution in [2.45, 2.75) is 65.3 Å². The van der Waals surface area contributed by atoms with Crippen LogP contribution in [-0.2, 0) is 4.43 Å². The minimum absolute atomic E-state index is 0.0680. The molecule has 0 aliphatic carbocycles. The maximum atomic E-state index is 6.33. The van der Waals surface area contributed by atoms with Gasteiger partial charge in [-0.1, -0.05) is 39.6 Å². The van der Waals surface area contributed by atoms with Gasteiger partial charge in [-0.3, -0.25) is 0 Å². The lowest BCUT2D eigenvalue weighted by Crippen LogP contribution is -2.43. The Morgan fingerprint density at radius 2 is 1.73 bits per heavy atom. The van der Waals surface area contributed by atoms with Gasteiger partial charge in [-0.15, -0.1) is 0 Å². The highest BCUT2D eigenvalue weighted by Crippen LogP contribution is 2.29. The van der Waals surface area contributed by atoms with E-state index >= 15 is 0 Å². The summed E-state index contributed by atoms with van der Waals surface area (Å²) in [5, 5.41) is 4.68. The van der Waals surface area contributed by atoms with E-state index in [0.717, 1.165) is 12.3 Å². The zero-order chi connectivity index (χ0) is 19.5. The summed E-state index contributed by atoms with van der Waals surface area (Å²) in [6, 6.07) is 8.98. The third-order valence-electron chi connectivity index (χ3n) is 4.11.